The highest BCUT2D eigenvalue weighted by Crippen LogP contribution is 2.73. The van der Waals surface area contributed by atoms with Gasteiger partial charge < -0.3 is 0 Å². The summed E-state index contributed by atoms with van der Waals surface area (Å²) in [5.74, 6) is 4.97. The molecule has 0 aliphatic carbocycles. The molecule has 54 heavy (non-hydrogen) atoms. The summed E-state index contributed by atoms with van der Waals surface area (Å²) in [5.41, 5.74) is 1.40. The van der Waals surface area contributed by atoms with E-state index in [-0.39, 0.29) is 0 Å². The van der Waals surface area contributed by atoms with Crippen LogP contribution in [-0.4, -0.2) is 23.0 Å². The van der Waals surface area contributed by atoms with E-state index in [0.717, 1.165) is 0 Å². The van der Waals surface area contributed by atoms with Crippen molar-refractivity contribution in [2.24, 2.45) is 0 Å². The van der Waals surface area contributed by atoms with E-state index in [1.54, 1.807) is 0 Å². The molecule has 0 unspecified atom stereocenters. The fourth-order valence-electron chi connectivity index (χ4n) is 5.32. The lowest BCUT2D eigenvalue weighted by Gasteiger charge is -2.08. The Labute approximate surface area is 400 Å². The Kier molecular flexibility index (Phi) is 12.8. The fraction of sp³-hybridized carbons (Fsp3) is 0.176. The second-order valence-corrected chi connectivity index (χ2v) is 36.7. The SMILES string of the molecule is CC1=C(C)SC(=C(c2ccc(C=C3SC4=C(S3)SC(=C3SC5=C(SCCS5)S3)S4)s2)c2ccc(C=C3SC4=C(S3)SC(=C3SC5=C(SCCS5)S3)S4)s2)S1. The first-order valence-corrected chi connectivity index (χ1v) is 33.0. The van der Waals surface area contributed by atoms with E-state index in [9.17, 15) is 0 Å². The van der Waals surface area contributed by atoms with Gasteiger partial charge in [-0.25, -0.2) is 0 Å². The molecule has 0 N–H and O–H groups in total. The van der Waals surface area contributed by atoms with E-state index in [0.29, 0.717) is 0 Å². The molecule has 2 aromatic heterocycles. The Morgan fingerprint density at radius 3 is 1.06 bits per heavy atom. The van der Waals surface area contributed by atoms with Gasteiger partial charge in [-0.3, -0.25) is 0 Å². The lowest BCUT2D eigenvalue weighted by Crippen LogP contribution is -1.88. The molecular weight excluding hydrogens is 1050 g/mol. The molecule has 0 fully saturated rings. The van der Waals surface area contributed by atoms with Crippen LogP contribution in [0.1, 0.15) is 33.4 Å². The third kappa shape index (κ3) is 8.33. The standard InChI is InChI=1S/C34H20S20/c1-13-14(2)40-22(39-13)21(17-5-3-15(41-17)11-19-43-27-28(44-19)52-33(51-27)31-47-23-24(48-31)36-8-7-35-23)18-6-4-16(42-18)12-20-45-29-30(46-20)54-34(53-29)32-49-25-26(50-32)38-10-9-37-25/h3-6,11-12H,7-10H2,1-2H3. The van der Waals surface area contributed by atoms with Crippen LogP contribution < -0.4 is 0 Å². The van der Waals surface area contributed by atoms with Crippen molar-refractivity contribution in [3.8, 4) is 0 Å². The maximum absolute atomic E-state index is 2.42. The van der Waals surface area contributed by atoms with Gasteiger partial charge in [-0.2, -0.15) is 0 Å². The van der Waals surface area contributed by atoms with E-state index in [4.69, 9.17) is 0 Å². The highest BCUT2D eigenvalue weighted by Gasteiger charge is 2.37. The molecule has 276 valence electrons. The molecular formula is C34H20S20. The van der Waals surface area contributed by atoms with Crippen molar-refractivity contribution in [3.63, 3.8) is 0 Å². The largest absolute Gasteiger partial charge is 0.136 e. The third-order valence-corrected chi connectivity index (χ3v) is 36.1. The Bertz CT molecular complexity index is 2120. The molecule has 0 amide bonds. The summed E-state index contributed by atoms with van der Waals surface area (Å²) in [7, 11) is 0. The van der Waals surface area contributed by atoms with E-state index in [1.165, 1.54) is 121 Å². The van der Waals surface area contributed by atoms with Crippen molar-refractivity contribution < 1.29 is 0 Å². The molecule has 20 heteroatoms. The topological polar surface area (TPSA) is 0 Å². The average molecular weight is 1070 g/mol. The molecule has 0 saturated carbocycles. The molecule has 0 atom stereocenters. The first-order chi connectivity index (χ1) is 26.5. The molecule has 11 rings (SSSR count). The van der Waals surface area contributed by atoms with Gasteiger partial charge in [0.1, 0.15) is 0 Å². The molecule has 0 spiro atoms. The lowest BCUT2D eigenvalue weighted by molar-refractivity contribution is 1.56. The second-order valence-electron chi connectivity index (χ2n) is 11.4. The summed E-state index contributed by atoms with van der Waals surface area (Å²) in [5, 5.41) is 0. The number of hydrogen-bond acceptors (Lipinski definition) is 20. The van der Waals surface area contributed by atoms with Gasteiger partial charge in [-0.1, -0.05) is 165 Å². The Morgan fingerprint density at radius 1 is 0.389 bits per heavy atom. The van der Waals surface area contributed by atoms with E-state index < -0.39 is 0 Å². The van der Waals surface area contributed by atoms with E-state index >= 15 is 0 Å². The molecule has 0 aromatic carbocycles. The van der Waals surface area contributed by atoms with Gasteiger partial charge in [0.15, 0.2) is 0 Å². The number of hydrogen-bond donors (Lipinski definition) is 0. The zero-order valence-electron chi connectivity index (χ0n) is 27.5. The fourth-order valence-corrected chi connectivity index (χ4v) is 35.7. The average Bonchev–Trinajstić information content (AvgIpc) is 4.00. The van der Waals surface area contributed by atoms with Crippen molar-refractivity contribution in [1.29, 1.82) is 0 Å². The first-order valence-electron chi connectivity index (χ1n) is 16.0. The van der Waals surface area contributed by atoms with Crippen LogP contribution in [0.15, 0.2) is 97.6 Å². The van der Waals surface area contributed by atoms with Crippen molar-refractivity contribution >= 4 is 252 Å². The van der Waals surface area contributed by atoms with Gasteiger partial charge in [-0.15, -0.1) is 69.7 Å². The molecule has 0 radical (unpaired) electrons. The normalized spacial score (nSPS) is 24.1. The summed E-state index contributed by atoms with van der Waals surface area (Å²) >= 11 is 39.8. The predicted molar refractivity (Wildman–Crippen MR) is 287 cm³/mol. The van der Waals surface area contributed by atoms with Crippen molar-refractivity contribution in [2.75, 3.05) is 23.0 Å². The first kappa shape index (κ1) is 39.9. The molecule has 9 aliphatic heterocycles. The minimum absolute atomic E-state index is 1.24. The Hall–Kier alpha value is 3.10. The van der Waals surface area contributed by atoms with Gasteiger partial charge in [0.25, 0.3) is 0 Å². The number of rotatable bonds is 4. The van der Waals surface area contributed by atoms with Crippen LogP contribution in [0.4, 0.5) is 0 Å². The van der Waals surface area contributed by atoms with Crippen molar-refractivity contribution in [1.82, 2.24) is 0 Å². The van der Waals surface area contributed by atoms with Crippen molar-refractivity contribution in [2.45, 2.75) is 13.8 Å². The zero-order chi connectivity index (χ0) is 35.9. The molecule has 0 saturated heterocycles. The predicted octanol–water partition coefficient (Wildman–Crippen LogP) is 19.5. The molecule has 2 aromatic rings. The van der Waals surface area contributed by atoms with Crippen molar-refractivity contribution in [3.05, 3.63) is 117 Å². The Morgan fingerprint density at radius 2 is 0.704 bits per heavy atom. The third-order valence-electron chi connectivity index (χ3n) is 7.81. The molecule has 11 heterocycles. The van der Waals surface area contributed by atoms with Crippen LogP contribution in [0.3, 0.4) is 0 Å². The lowest BCUT2D eigenvalue weighted by atomic mass is 10.2. The van der Waals surface area contributed by atoms with E-state index in [2.05, 4.69) is 50.3 Å². The quantitative estimate of drug-likeness (QED) is 0.285. The number of thioether (sulfide) groups is 18. The van der Waals surface area contributed by atoms with Crippen LogP contribution in [-0.2, 0) is 0 Å². The van der Waals surface area contributed by atoms with E-state index in [1.807, 2.05) is 234 Å². The van der Waals surface area contributed by atoms with Crippen LogP contribution >= 0.6 is 234 Å². The van der Waals surface area contributed by atoms with Gasteiger partial charge in [-0.05, 0) is 60.1 Å². The van der Waals surface area contributed by atoms with Gasteiger partial charge in [0, 0.05) is 48.1 Å². The van der Waals surface area contributed by atoms with Crippen LogP contribution in [0.2, 0.25) is 0 Å². The van der Waals surface area contributed by atoms with Crippen LogP contribution in [0.25, 0.3) is 17.7 Å². The number of allylic oxidation sites excluding steroid dienone is 2. The maximum atomic E-state index is 2.42. The summed E-state index contributed by atoms with van der Waals surface area (Å²) in [6.45, 7) is 4.53. The summed E-state index contributed by atoms with van der Waals surface area (Å²) < 4.78 is 22.2. The van der Waals surface area contributed by atoms with Gasteiger partial charge in [0.2, 0.25) is 0 Å². The second kappa shape index (κ2) is 17.3. The summed E-state index contributed by atoms with van der Waals surface area (Å²) in [4.78, 5) is 8.23. The monoisotopic (exact) mass is 1070 g/mol. The zero-order valence-corrected chi connectivity index (χ0v) is 43.8. The molecule has 9 aliphatic rings. The molecule has 0 bridgehead atoms. The van der Waals surface area contributed by atoms with Gasteiger partial charge in [0.05, 0.1) is 63.6 Å². The highest BCUT2D eigenvalue weighted by atomic mass is 32.3. The summed E-state index contributed by atoms with van der Waals surface area (Å²) in [6, 6.07) is 9.39. The maximum Gasteiger partial charge on any atom is 0.0718 e. The molecule has 0 nitrogen and oxygen atoms in total. The number of thiophene rings is 2. The van der Waals surface area contributed by atoms with Crippen LogP contribution in [0, 0.1) is 0 Å². The minimum Gasteiger partial charge on any atom is -0.136 e. The van der Waals surface area contributed by atoms with Crippen LogP contribution in [0.5, 0.6) is 0 Å². The Balaban J connectivity index is 0.777. The smallest absolute Gasteiger partial charge is 0.0718 e. The van der Waals surface area contributed by atoms with Gasteiger partial charge >= 0.3 is 0 Å². The summed E-state index contributed by atoms with van der Waals surface area (Å²) in [6.07, 6.45) is 4.84. The highest BCUT2D eigenvalue weighted by molar-refractivity contribution is 8.51. The minimum atomic E-state index is 1.24.